The van der Waals surface area contributed by atoms with Gasteiger partial charge in [-0.1, -0.05) is 20.8 Å². The van der Waals surface area contributed by atoms with Crippen LogP contribution in [0.1, 0.15) is 43.3 Å². The van der Waals surface area contributed by atoms with Crippen LogP contribution in [0.5, 0.6) is 0 Å². The molecular formula is C20H24N6S. The van der Waals surface area contributed by atoms with Crippen molar-refractivity contribution in [2.75, 3.05) is 0 Å². The number of aryl methyl sites for hydroxylation is 3. The lowest BCUT2D eigenvalue weighted by atomic mass is 9.72. The minimum absolute atomic E-state index is 0.343. The van der Waals surface area contributed by atoms with Crippen LogP contribution in [0, 0.1) is 18.3 Å². The summed E-state index contributed by atoms with van der Waals surface area (Å²) in [5.74, 6) is 1.38. The maximum Gasteiger partial charge on any atom is 0.202 e. The number of hydrogen-bond acceptors (Lipinski definition) is 5. The zero-order valence-corrected chi connectivity index (χ0v) is 17.3. The quantitative estimate of drug-likeness (QED) is 0.496. The maximum atomic E-state index is 4.86. The molecular weight excluding hydrogens is 356 g/mol. The first-order chi connectivity index (χ1) is 12.8. The third kappa shape index (κ3) is 2.59. The van der Waals surface area contributed by atoms with Gasteiger partial charge in [0.15, 0.2) is 5.65 Å². The highest BCUT2D eigenvalue weighted by molar-refractivity contribution is 7.19. The second kappa shape index (κ2) is 5.61. The molecule has 1 atom stereocenters. The molecule has 5 rings (SSSR count). The topological polar surface area (TPSA) is 60.9 Å². The van der Waals surface area contributed by atoms with Gasteiger partial charge in [-0.25, -0.2) is 14.5 Å². The molecule has 0 unspecified atom stereocenters. The third-order valence-electron chi connectivity index (χ3n) is 5.95. The van der Waals surface area contributed by atoms with Crippen LogP contribution in [0.15, 0.2) is 12.4 Å². The SMILES string of the molecule is Cc1cc(-c2nc3c4c5c(sc4ncn3n2)C[C@@H](C(C)(C)C)CC5)nn1C. The van der Waals surface area contributed by atoms with E-state index in [0.29, 0.717) is 11.2 Å². The van der Waals surface area contributed by atoms with Gasteiger partial charge in [0.05, 0.1) is 5.39 Å². The van der Waals surface area contributed by atoms with Gasteiger partial charge in [-0.15, -0.1) is 16.4 Å². The van der Waals surface area contributed by atoms with Crippen molar-refractivity contribution in [3.8, 4) is 11.5 Å². The van der Waals surface area contributed by atoms with Crippen molar-refractivity contribution < 1.29 is 0 Å². The highest BCUT2D eigenvalue weighted by atomic mass is 32.1. The van der Waals surface area contributed by atoms with Crippen molar-refractivity contribution in [1.82, 2.24) is 29.4 Å². The molecule has 0 fully saturated rings. The van der Waals surface area contributed by atoms with Crippen molar-refractivity contribution in [1.29, 1.82) is 0 Å². The van der Waals surface area contributed by atoms with E-state index in [1.807, 2.05) is 40.6 Å². The summed E-state index contributed by atoms with van der Waals surface area (Å²) in [5, 5.41) is 10.4. The van der Waals surface area contributed by atoms with Crippen molar-refractivity contribution in [2.45, 2.75) is 47.0 Å². The zero-order chi connectivity index (χ0) is 18.9. The minimum Gasteiger partial charge on any atom is -0.272 e. The van der Waals surface area contributed by atoms with Crippen LogP contribution in [0.3, 0.4) is 0 Å². The first kappa shape index (κ1) is 16.9. The Kier molecular flexibility index (Phi) is 3.50. The van der Waals surface area contributed by atoms with Gasteiger partial charge in [0, 0.05) is 17.6 Å². The Labute approximate surface area is 162 Å². The smallest absolute Gasteiger partial charge is 0.202 e. The average Bonchev–Trinajstić information content (AvgIpc) is 3.28. The monoisotopic (exact) mass is 380 g/mol. The molecule has 1 aliphatic rings. The third-order valence-corrected chi connectivity index (χ3v) is 7.12. The Hall–Kier alpha value is -2.28. The number of hydrogen-bond donors (Lipinski definition) is 0. The van der Waals surface area contributed by atoms with Crippen molar-refractivity contribution in [2.24, 2.45) is 18.4 Å². The summed E-state index contributed by atoms with van der Waals surface area (Å²) in [6, 6.07) is 2.02. The fourth-order valence-electron chi connectivity index (χ4n) is 4.09. The molecule has 0 aliphatic heterocycles. The molecule has 0 N–H and O–H groups in total. The Balaban J connectivity index is 1.66. The Morgan fingerprint density at radius 2 is 2.04 bits per heavy atom. The maximum absolute atomic E-state index is 4.86. The van der Waals surface area contributed by atoms with Gasteiger partial charge >= 0.3 is 0 Å². The normalized spacial score (nSPS) is 17.7. The molecule has 4 aromatic heterocycles. The van der Waals surface area contributed by atoms with Gasteiger partial charge < -0.3 is 0 Å². The number of rotatable bonds is 1. The summed E-state index contributed by atoms with van der Waals surface area (Å²) in [4.78, 5) is 12.1. The van der Waals surface area contributed by atoms with Crippen LogP contribution in [0.25, 0.3) is 27.4 Å². The van der Waals surface area contributed by atoms with Crippen molar-refractivity contribution in [3.63, 3.8) is 0 Å². The molecule has 6 nitrogen and oxygen atoms in total. The average molecular weight is 381 g/mol. The van der Waals surface area contributed by atoms with Crippen LogP contribution in [0.4, 0.5) is 0 Å². The molecule has 27 heavy (non-hydrogen) atoms. The van der Waals surface area contributed by atoms with Crippen molar-refractivity contribution >= 4 is 27.2 Å². The standard InChI is InChI=1S/C20H24N6S/c1-11-8-14(23-25(11)5)17-22-18-16-13-7-6-12(20(2,3)4)9-15(13)27-19(16)21-10-26(18)24-17/h8,10,12H,6-7,9H2,1-5H3/t12-/m0/s1. The molecule has 1 aliphatic carbocycles. The summed E-state index contributed by atoms with van der Waals surface area (Å²) < 4.78 is 3.67. The summed E-state index contributed by atoms with van der Waals surface area (Å²) in [5.41, 5.74) is 4.59. The molecule has 4 heterocycles. The highest BCUT2D eigenvalue weighted by Gasteiger charge is 2.31. The fourth-order valence-corrected chi connectivity index (χ4v) is 5.35. The lowest BCUT2D eigenvalue weighted by Gasteiger charge is -2.33. The lowest BCUT2D eigenvalue weighted by molar-refractivity contribution is 0.218. The predicted octanol–water partition coefficient (Wildman–Crippen LogP) is 4.20. The van der Waals surface area contributed by atoms with Gasteiger partial charge in [-0.05, 0) is 49.1 Å². The largest absolute Gasteiger partial charge is 0.272 e. The molecule has 0 saturated carbocycles. The molecule has 0 aromatic carbocycles. The molecule has 0 amide bonds. The van der Waals surface area contributed by atoms with Gasteiger partial charge in [0.25, 0.3) is 0 Å². The lowest BCUT2D eigenvalue weighted by Crippen LogP contribution is -2.26. The fraction of sp³-hybridized carbons (Fsp3) is 0.500. The van der Waals surface area contributed by atoms with Crippen LogP contribution in [0.2, 0.25) is 0 Å². The van der Waals surface area contributed by atoms with E-state index >= 15 is 0 Å². The van der Waals surface area contributed by atoms with E-state index in [0.717, 1.165) is 40.6 Å². The van der Waals surface area contributed by atoms with Crippen LogP contribution in [-0.4, -0.2) is 29.4 Å². The molecule has 4 aromatic rings. The predicted molar refractivity (Wildman–Crippen MR) is 108 cm³/mol. The van der Waals surface area contributed by atoms with E-state index in [4.69, 9.17) is 4.98 Å². The number of aromatic nitrogens is 6. The van der Waals surface area contributed by atoms with Crippen LogP contribution < -0.4 is 0 Å². The summed E-state index contributed by atoms with van der Waals surface area (Å²) in [6.45, 7) is 9.09. The summed E-state index contributed by atoms with van der Waals surface area (Å²) in [6.07, 6.45) is 5.26. The highest BCUT2D eigenvalue weighted by Crippen LogP contribution is 2.43. The first-order valence-electron chi connectivity index (χ1n) is 9.48. The van der Waals surface area contributed by atoms with Crippen LogP contribution >= 0.6 is 11.3 Å². The van der Waals surface area contributed by atoms with E-state index in [-0.39, 0.29) is 0 Å². The molecule has 0 spiro atoms. The van der Waals surface area contributed by atoms with Gasteiger partial charge in [-0.2, -0.15) is 5.10 Å². The second-order valence-electron chi connectivity index (χ2n) is 8.73. The second-order valence-corrected chi connectivity index (χ2v) is 9.82. The molecule has 0 saturated heterocycles. The van der Waals surface area contributed by atoms with E-state index < -0.39 is 0 Å². The van der Waals surface area contributed by atoms with E-state index in [2.05, 4.69) is 36.0 Å². The molecule has 7 heteroatoms. The zero-order valence-electron chi connectivity index (χ0n) is 16.4. The number of nitrogens with zero attached hydrogens (tertiary/aromatic N) is 6. The summed E-state index contributed by atoms with van der Waals surface area (Å²) in [7, 11) is 1.94. The molecule has 140 valence electrons. The van der Waals surface area contributed by atoms with Crippen molar-refractivity contribution in [3.05, 3.63) is 28.5 Å². The van der Waals surface area contributed by atoms with Gasteiger partial charge in [-0.3, -0.25) is 4.68 Å². The van der Waals surface area contributed by atoms with Gasteiger partial charge in [0.1, 0.15) is 16.9 Å². The number of thiophene rings is 1. The number of fused-ring (bicyclic) bond motifs is 5. The Morgan fingerprint density at radius 3 is 2.74 bits per heavy atom. The van der Waals surface area contributed by atoms with E-state index in [9.17, 15) is 0 Å². The Morgan fingerprint density at radius 1 is 1.22 bits per heavy atom. The van der Waals surface area contributed by atoms with E-state index in [1.165, 1.54) is 22.2 Å². The van der Waals surface area contributed by atoms with Crippen LogP contribution in [-0.2, 0) is 19.9 Å². The minimum atomic E-state index is 0.343. The molecule has 0 radical (unpaired) electrons. The summed E-state index contributed by atoms with van der Waals surface area (Å²) >= 11 is 1.83. The van der Waals surface area contributed by atoms with E-state index in [1.54, 1.807) is 6.33 Å². The van der Waals surface area contributed by atoms with Gasteiger partial charge in [0.2, 0.25) is 5.82 Å². The molecule has 0 bridgehead atoms. The first-order valence-corrected chi connectivity index (χ1v) is 10.3. The Bertz CT molecular complexity index is 1150.